The number of β-amino-alcohol motifs (C(OH)–C–C–N with tert-alkyl or cyclic N) is 1. The Kier molecular flexibility index (Phi) is 5.46. The number of ether oxygens (including phenoxy) is 1. The fourth-order valence-corrected chi connectivity index (χ4v) is 3.34. The summed E-state index contributed by atoms with van der Waals surface area (Å²) >= 11 is 5.96. The highest BCUT2D eigenvalue weighted by atomic mass is 35.5. The van der Waals surface area contributed by atoms with E-state index in [-0.39, 0.29) is 25.4 Å². The number of carbonyl (C=O) groups excluding carboxylic acids is 1. The van der Waals surface area contributed by atoms with Crippen molar-refractivity contribution in [3.05, 3.63) is 64.9 Å². The standard InChI is InChI=1S/C19H20ClFN2O3/c1-2-26-18(25)19(11-13-3-7-15(21)8-4-13)22-17(24)12-23(19)16-9-5-14(20)6-10-16/h3-10,17,22,24H,2,11-12H2,1H3. The molecule has 3 rings (SSSR count). The molecule has 138 valence electrons. The fourth-order valence-electron chi connectivity index (χ4n) is 3.21. The van der Waals surface area contributed by atoms with Crippen molar-refractivity contribution in [3.8, 4) is 0 Å². The molecular formula is C19H20ClFN2O3. The molecule has 2 aromatic carbocycles. The molecule has 1 aliphatic rings. The van der Waals surface area contributed by atoms with Crippen LogP contribution in [0, 0.1) is 5.82 Å². The van der Waals surface area contributed by atoms with E-state index in [0.29, 0.717) is 10.7 Å². The number of esters is 1. The van der Waals surface area contributed by atoms with Crippen LogP contribution >= 0.6 is 11.6 Å². The first-order valence-corrected chi connectivity index (χ1v) is 8.73. The van der Waals surface area contributed by atoms with E-state index < -0.39 is 17.9 Å². The predicted molar refractivity (Wildman–Crippen MR) is 97.4 cm³/mol. The third-order valence-electron chi connectivity index (χ3n) is 4.35. The number of nitrogens with zero attached hydrogens (tertiary/aromatic N) is 1. The number of halogens is 2. The molecule has 0 bridgehead atoms. The third kappa shape index (κ3) is 3.67. The van der Waals surface area contributed by atoms with Crippen LogP contribution < -0.4 is 10.2 Å². The van der Waals surface area contributed by atoms with Gasteiger partial charge >= 0.3 is 5.97 Å². The molecular weight excluding hydrogens is 359 g/mol. The lowest BCUT2D eigenvalue weighted by Gasteiger charge is -2.37. The SMILES string of the molecule is CCOC(=O)C1(Cc2ccc(F)cc2)NC(O)CN1c1ccc(Cl)cc1. The van der Waals surface area contributed by atoms with Gasteiger partial charge in [-0.05, 0) is 48.9 Å². The number of carbonyl (C=O) groups is 1. The Hall–Kier alpha value is -2.15. The molecule has 1 saturated heterocycles. The van der Waals surface area contributed by atoms with Crippen LogP contribution in [0.1, 0.15) is 12.5 Å². The van der Waals surface area contributed by atoms with Gasteiger partial charge in [-0.15, -0.1) is 0 Å². The minimum Gasteiger partial charge on any atom is -0.463 e. The molecule has 1 fully saturated rings. The molecule has 0 aliphatic carbocycles. The van der Waals surface area contributed by atoms with Gasteiger partial charge in [-0.1, -0.05) is 23.7 Å². The average Bonchev–Trinajstić information content (AvgIpc) is 2.95. The monoisotopic (exact) mass is 378 g/mol. The molecule has 26 heavy (non-hydrogen) atoms. The van der Waals surface area contributed by atoms with Crippen molar-refractivity contribution >= 4 is 23.3 Å². The Labute approximate surface area is 156 Å². The summed E-state index contributed by atoms with van der Waals surface area (Å²) in [5.74, 6) is -0.858. The van der Waals surface area contributed by atoms with E-state index in [0.717, 1.165) is 5.56 Å². The van der Waals surface area contributed by atoms with Gasteiger partial charge < -0.3 is 14.7 Å². The smallest absolute Gasteiger partial charge is 0.347 e. The number of rotatable bonds is 5. The highest BCUT2D eigenvalue weighted by Crippen LogP contribution is 2.32. The molecule has 1 aliphatic heterocycles. The maximum Gasteiger partial charge on any atom is 0.347 e. The van der Waals surface area contributed by atoms with Crippen molar-refractivity contribution in [1.82, 2.24) is 5.32 Å². The summed E-state index contributed by atoms with van der Waals surface area (Å²) in [6.07, 6.45) is -0.721. The first-order chi connectivity index (χ1) is 12.4. The number of aliphatic hydroxyl groups excluding tert-OH is 1. The van der Waals surface area contributed by atoms with Gasteiger partial charge in [0.15, 0.2) is 5.66 Å². The van der Waals surface area contributed by atoms with Crippen molar-refractivity contribution in [2.24, 2.45) is 0 Å². The number of nitrogens with one attached hydrogen (secondary N) is 1. The molecule has 2 aromatic rings. The number of anilines is 1. The Morgan fingerprint density at radius 2 is 1.96 bits per heavy atom. The summed E-state index contributed by atoms with van der Waals surface area (Å²) in [4.78, 5) is 14.7. The molecule has 2 N–H and O–H groups in total. The average molecular weight is 379 g/mol. The van der Waals surface area contributed by atoms with Crippen molar-refractivity contribution in [2.75, 3.05) is 18.1 Å². The second-order valence-electron chi connectivity index (χ2n) is 6.13. The topological polar surface area (TPSA) is 61.8 Å². The van der Waals surface area contributed by atoms with Crippen LogP contribution in [0.25, 0.3) is 0 Å². The highest BCUT2D eigenvalue weighted by Gasteiger charge is 2.52. The number of hydrogen-bond acceptors (Lipinski definition) is 5. The Morgan fingerprint density at radius 1 is 1.31 bits per heavy atom. The molecule has 0 amide bonds. The first kappa shape index (κ1) is 18.6. The van der Waals surface area contributed by atoms with Gasteiger partial charge in [-0.25, -0.2) is 9.18 Å². The van der Waals surface area contributed by atoms with E-state index >= 15 is 0 Å². The quantitative estimate of drug-likeness (QED) is 0.783. The molecule has 1 heterocycles. The van der Waals surface area contributed by atoms with Crippen LogP contribution in [0.4, 0.5) is 10.1 Å². The maximum atomic E-state index is 13.2. The largest absolute Gasteiger partial charge is 0.463 e. The van der Waals surface area contributed by atoms with Gasteiger partial charge in [0, 0.05) is 17.1 Å². The molecule has 0 aromatic heterocycles. The lowest BCUT2D eigenvalue weighted by molar-refractivity contribution is -0.151. The molecule has 7 heteroatoms. The normalized spacial score (nSPS) is 22.5. The van der Waals surface area contributed by atoms with Crippen molar-refractivity contribution in [1.29, 1.82) is 0 Å². The van der Waals surface area contributed by atoms with Gasteiger partial charge in [0.1, 0.15) is 12.0 Å². The maximum absolute atomic E-state index is 13.2. The number of benzene rings is 2. The lowest BCUT2D eigenvalue weighted by Crippen LogP contribution is -2.61. The summed E-state index contributed by atoms with van der Waals surface area (Å²) in [5.41, 5.74) is 0.148. The molecule has 0 saturated carbocycles. The second kappa shape index (κ2) is 7.61. The summed E-state index contributed by atoms with van der Waals surface area (Å²) in [7, 11) is 0. The van der Waals surface area contributed by atoms with Crippen LogP contribution in [0.15, 0.2) is 48.5 Å². The highest BCUT2D eigenvalue weighted by molar-refractivity contribution is 6.30. The van der Waals surface area contributed by atoms with Crippen molar-refractivity contribution in [3.63, 3.8) is 0 Å². The zero-order valence-electron chi connectivity index (χ0n) is 14.3. The molecule has 0 radical (unpaired) electrons. The minimum atomic E-state index is -1.30. The van der Waals surface area contributed by atoms with Gasteiger partial charge in [-0.3, -0.25) is 5.32 Å². The van der Waals surface area contributed by atoms with Crippen LogP contribution in [-0.2, 0) is 16.0 Å². The van der Waals surface area contributed by atoms with Crippen LogP contribution in [0.5, 0.6) is 0 Å². The van der Waals surface area contributed by atoms with E-state index in [9.17, 15) is 14.3 Å². The van der Waals surface area contributed by atoms with E-state index in [4.69, 9.17) is 16.3 Å². The van der Waals surface area contributed by atoms with Crippen molar-refractivity contribution in [2.45, 2.75) is 25.2 Å². The summed E-state index contributed by atoms with van der Waals surface area (Å²) in [6.45, 7) is 2.12. The predicted octanol–water partition coefficient (Wildman–Crippen LogP) is 2.71. The Bertz CT molecular complexity index is 769. The van der Waals surface area contributed by atoms with E-state index in [1.165, 1.54) is 12.1 Å². The molecule has 2 unspecified atom stereocenters. The van der Waals surface area contributed by atoms with Gasteiger partial charge in [0.2, 0.25) is 0 Å². The lowest BCUT2D eigenvalue weighted by atomic mass is 9.98. The van der Waals surface area contributed by atoms with Crippen LogP contribution in [-0.4, -0.2) is 36.1 Å². The summed E-state index contributed by atoms with van der Waals surface area (Å²) in [6, 6.07) is 12.9. The van der Waals surface area contributed by atoms with Gasteiger partial charge in [0.25, 0.3) is 0 Å². The van der Waals surface area contributed by atoms with E-state index in [2.05, 4.69) is 5.32 Å². The second-order valence-corrected chi connectivity index (χ2v) is 6.57. The Balaban J connectivity index is 2.03. The zero-order valence-corrected chi connectivity index (χ0v) is 15.0. The van der Waals surface area contributed by atoms with Crippen molar-refractivity contribution < 1.29 is 19.0 Å². The third-order valence-corrected chi connectivity index (χ3v) is 4.60. The van der Waals surface area contributed by atoms with Gasteiger partial charge in [-0.2, -0.15) is 0 Å². The van der Waals surface area contributed by atoms with E-state index in [1.54, 1.807) is 48.2 Å². The van der Waals surface area contributed by atoms with Crippen LogP contribution in [0.2, 0.25) is 5.02 Å². The molecule has 5 nitrogen and oxygen atoms in total. The Morgan fingerprint density at radius 3 is 2.58 bits per heavy atom. The fraction of sp³-hybridized carbons (Fsp3) is 0.316. The van der Waals surface area contributed by atoms with Crippen LogP contribution in [0.3, 0.4) is 0 Å². The van der Waals surface area contributed by atoms with Gasteiger partial charge in [0.05, 0.1) is 13.2 Å². The zero-order chi connectivity index (χ0) is 18.7. The summed E-state index contributed by atoms with van der Waals surface area (Å²) in [5, 5.41) is 13.8. The molecule has 2 atom stereocenters. The summed E-state index contributed by atoms with van der Waals surface area (Å²) < 4.78 is 18.5. The first-order valence-electron chi connectivity index (χ1n) is 8.35. The van der Waals surface area contributed by atoms with E-state index in [1.807, 2.05) is 0 Å². The minimum absolute atomic E-state index is 0.196. The number of aliphatic hydroxyl groups is 1. The number of hydrogen-bond donors (Lipinski definition) is 2. The molecule has 0 spiro atoms.